The lowest BCUT2D eigenvalue weighted by Gasteiger charge is -2.17. The molecule has 3 heterocycles. The van der Waals surface area contributed by atoms with E-state index in [1.807, 2.05) is 6.20 Å². The Morgan fingerprint density at radius 1 is 1.25 bits per heavy atom. The van der Waals surface area contributed by atoms with Gasteiger partial charge in [-0.05, 0) is 24.1 Å². The van der Waals surface area contributed by atoms with Crippen molar-refractivity contribution >= 4 is 6.20 Å². The van der Waals surface area contributed by atoms with Crippen LogP contribution in [0.3, 0.4) is 0 Å². The molecule has 1 aromatic carbocycles. The molecule has 0 unspecified atom stereocenters. The van der Waals surface area contributed by atoms with E-state index in [1.54, 1.807) is 23.1 Å². The van der Waals surface area contributed by atoms with Crippen molar-refractivity contribution in [3.05, 3.63) is 58.6 Å². The maximum Gasteiger partial charge on any atom is 0.416 e. The number of imidazole rings is 1. The minimum Gasteiger partial charge on any atom is -0.356 e. The average molecular weight is 388 g/mol. The molecule has 1 N–H and O–H groups in total. The molecule has 0 amide bonds. The molecule has 3 aromatic rings. The number of H-pyrrole nitrogens is 1. The van der Waals surface area contributed by atoms with E-state index in [4.69, 9.17) is 0 Å². The van der Waals surface area contributed by atoms with Gasteiger partial charge in [-0.25, -0.2) is 9.98 Å². The Labute approximate surface area is 159 Å². The van der Waals surface area contributed by atoms with E-state index in [-0.39, 0.29) is 6.54 Å². The fourth-order valence-corrected chi connectivity index (χ4v) is 3.13. The Bertz CT molecular complexity index is 1100. The molecule has 28 heavy (non-hydrogen) atoms. The van der Waals surface area contributed by atoms with Crippen molar-refractivity contribution in [3.63, 3.8) is 0 Å². The zero-order chi connectivity index (χ0) is 19.7. The van der Waals surface area contributed by atoms with Gasteiger partial charge in [-0.2, -0.15) is 18.3 Å². The van der Waals surface area contributed by atoms with Gasteiger partial charge in [0.1, 0.15) is 17.8 Å². The number of halogens is 3. The molecule has 0 bridgehead atoms. The molecule has 0 saturated carbocycles. The van der Waals surface area contributed by atoms with Crippen molar-refractivity contribution in [1.82, 2.24) is 24.6 Å². The molecule has 0 spiro atoms. The van der Waals surface area contributed by atoms with E-state index in [2.05, 4.69) is 31.9 Å². The van der Waals surface area contributed by atoms with Gasteiger partial charge in [0.25, 0.3) is 0 Å². The molecule has 146 valence electrons. The number of nitrogens with zero attached hydrogens (tertiary/aromatic N) is 5. The summed E-state index contributed by atoms with van der Waals surface area (Å²) in [4.78, 5) is 14.3. The summed E-state index contributed by atoms with van der Waals surface area (Å²) < 4.78 is 40.2. The van der Waals surface area contributed by atoms with Crippen LogP contribution in [-0.2, 0) is 12.7 Å². The highest BCUT2D eigenvalue weighted by atomic mass is 19.4. The minimum absolute atomic E-state index is 0.241. The number of aromatic nitrogens is 4. The Morgan fingerprint density at radius 3 is 2.89 bits per heavy atom. The first-order chi connectivity index (χ1) is 13.4. The Morgan fingerprint density at radius 2 is 2.11 bits per heavy atom. The van der Waals surface area contributed by atoms with Crippen LogP contribution in [0.5, 0.6) is 0 Å². The number of hydrogen-bond donors (Lipinski definition) is 1. The molecule has 9 heteroatoms. The largest absolute Gasteiger partial charge is 0.416 e. The quantitative estimate of drug-likeness (QED) is 0.730. The predicted octanol–water partition coefficient (Wildman–Crippen LogP) is 2.38. The number of alkyl halides is 3. The summed E-state index contributed by atoms with van der Waals surface area (Å²) in [6, 6.07) is 5.26. The van der Waals surface area contributed by atoms with Crippen LogP contribution in [0, 0.1) is 0 Å². The van der Waals surface area contributed by atoms with E-state index in [9.17, 15) is 13.2 Å². The molecule has 4 rings (SSSR count). The lowest BCUT2D eigenvalue weighted by atomic mass is 10.1. The van der Waals surface area contributed by atoms with E-state index < -0.39 is 11.7 Å². The Hall–Kier alpha value is -3.10. The van der Waals surface area contributed by atoms with Crippen molar-refractivity contribution in [2.24, 2.45) is 4.99 Å². The van der Waals surface area contributed by atoms with Gasteiger partial charge >= 0.3 is 6.18 Å². The normalized spacial score (nSPS) is 13.8. The van der Waals surface area contributed by atoms with Crippen molar-refractivity contribution < 1.29 is 13.2 Å². The molecule has 0 aliphatic carbocycles. The van der Waals surface area contributed by atoms with Gasteiger partial charge in [0.05, 0.1) is 23.9 Å². The lowest BCUT2D eigenvalue weighted by molar-refractivity contribution is -0.137. The van der Waals surface area contributed by atoms with Crippen molar-refractivity contribution in [2.75, 3.05) is 13.2 Å². The van der Waals surface area contributed by atoms with Crippen molar-refractivity contribution in [3.8, 4) is 11.4 Å². The number of fused-ring (bicyclic) bond motifs is 1. The summed E-state index contributed by atoms with van der Waals surface area (Å²) in [5.41, 5.74) is 1.28. The molecule has 0 fully saturated rings. The number of hydrogen-bond acceptors (Lipinski definition) is 4. The first-order valence-corrected chi connectivity index (χ1v) is 8.98. The Balaban J connectivity index is 1.56. The van der Waals surface area contributed by atoms with Crippen molar-refractivity contribution in [1.29, 1.82) is 0 Å². The van der Waals surface area contributed by atoms with Gasteiger partial charge in [0, 0.05) is 18.9 Å². The zero-order valence-electron chi connectivity index (χ0n) is 15.2. The zero-order valence-corrected chi connectivity index (χ0v) is 15.2. The standard InChI is InChI=1S/C19H19F3N6/c1-2-6-27-11-16-18(23-12-27)26-17(25-16)14-8-24-28(10-14)9-13-4-3-5-15(7-13)19(20,21)22/h3-5,7-8,10-11H,2,6,9,12H2,1H3,(H,23,25,26). The molecule has 6 nitrogen and oxygen atoms in total. The van der Waals surface area contributed by atoms with Gasteiger partial charge < -0.3 is 9.88 Å². The summed E-state index contributed by atoms with van der Waals surface area (Å²) in [6.07, 6.45) is 2.08. The van der Waals surface area contributed by atoms with Crippen LogP contribution in [0.25, 0.3) is 17.6 Å². The second-order valence-corrected chi connectivity index (χ2v) is 6.69. The first-order valence-electron chi connectivity index (χ1n) is 8.98. The third kappa shape index (κ3) is 3.78. The summed E-state index contributed by atoms with van der Waals surface area (Å²) in [5.74, 6) is 0.638. The van der Waals surface area contributed by atoms with Crippen LogP contribution in [0.1, 0.15) is 24.5 Å². The molecular formula is C19H19F3N6. The lowest BCUT2D eigenvalue weighted by Crippen LogP contribution is -2.36. The maximum absolute atomic E-state index is 12.9. The van der Waals surface area contributed by atoms with E-state index in [0.29, 0.717) is 23.5 Å². The average Bonchev–Trinajstić information content (AvgIpc) is 3.28. The van der Waals surface area contributed by atoms with Gasteiger partial charge in [0.2, 0.25) is 0 Å². The maximum atomic E-state index is 12.9. The first kappa shape index (κ1) is 18.3. The van der Waals surface area contributed by atoms with Crippen molar-refractivity contribution in [2.45, 2.75) is 26.1 Å². The summed E-state index contributed by atoms with van der Waals surface area (Å²) in [5, 5.41) is 5.10. The number of aromatic amines is 1. The highest BCUT2D eigenvalue weighted by Crippen LogP contribution is 2.29. The van der Waals surface area contributed by atoms with Crippen LogP contribution in [0.15, 0.2) is 41.7 Å². The molecular weight excluding hydrogens is 369 g/mol. The number of nitrogens with one attached hydrogen (secondary N) is 1. The van der Waals surface area contributed by atoms with Crippen LogP contribution >= 0.6 is 0 Å². The van der Waals surface area contributed by atoms with Crippen LogP contribution in [0.2, 0.25) is 0 Å². The monoisotopic (exact) mass is 388 g/mol. The second kappa shape index (κ2) is 7.14. The number of benzene rings is 1. The smallest absolute Gasteiger partial charge is 0.356 e. The summed E-state index contributed by atoms with van der Waals surface area (Å²) >= 11 is 0. The predicted molar refractivity (Wildman–Crippen MR) is 97.5 cm³/mol. The molecule has 0 saturated heterocycles. The minimum atomic E-state index is -4.36. The molecule has 1 aliphatic heterocycles. The highest BCUT2D eigenvalue weighted by Gasteiger charge is 2.30. The second-order valence-electron chi connectivity index (χ2n) is 6.69. The van der Waals surface area contributed by atoms with Crippen LogP contribution in [0.4, 0.5) is 13.2 Å². The van der Waals surface area contributed by atoms with Crippen LogP contribution < -0.4 is 10.8 Å². The van der Waals surface area contributed by atoms with Crippen LogP contribution in [-0.4, -0.2) is 37.9 Å². The third-order valence-corrected chi connectivity index (χ3v) is 4.44. The highest BCUT2D eigenvalue weighted by molar-refractivity contribution is 5.52. The molecule has 2 aromatic heterocycles. The van der Waals surface area contributed by atoms with E-state index in [1.165, 1.54) is 6.07 Å². The summed E-state index contributed by atoms with van der Waals surface area (Å²) in [6.45, 7) is 3.86. The fraction of sp³-hybridized carbons (Fsp3) is 0.316. The van der Waals surface area contributed by atoms with E-state index in [0.717, 1.165) is 36.0 Å². The fourth-order valence-electron chi connectivity index (χ4n) is 3.13. The van der Waals surface area contributed by atoms with Gasteiger partial charge in [-0.1, -0.05) is 19.1 Å². The molecule has 0 radical (unpaired) electrons. The van der Waals surface area contributed by atoms with Gasteiger partial charge in [-0.15, -0.1) is 0 Å². The number of rotatable bonds is 5. The SMILES string of the molecule is CCCN1C=c2[nH]c(-c3cnn(Cc4cccc(C(F)(F)F)c4)c3)nc2=NC1. The Kier molecular flexibility index (Phi) is 4.66. The molecule has 0 atom stereocenters. The third-order valence-electron chi connectivity index (χ3n) is 4.44. The summed E-state index contributed by atoms with van der Waals surface area (Å²) in [7, 11) is 0. The molecule has 1 aliphatic rings. The van der Waals surface area contributed by atoms with Gasteiger partial charge in [0.15, 0.2) is 5.49 Å². The van der Waals surface area contributed by atoms with Gasteiger partial charge in [-0.3, -0.25) is 4.68 Å². The van der Waals surface area contributed by atoms with E-state index >= 15 is 0 Å². The topological polar surface area (TPSA) is 62.1 Å².